The molecule has 1 aromatic heterocycles. The summed E-state index contributed by atoms with van der Waals surface area (Å²) in [5.41, 5.74) is 3.90. The van der Waals surface area contributed by atoms with E-state index in [1.54, 1.807) is 26.2 Å². The number of hydrogen-bond acceptors (Lipinski definition) is 8. The summed E-state index contributed by atoms with van der Waals surface area (Å²) in [7, 11) is 0.778. The number of carbonyl (C=O) groups excluding carboxylic acids is 1. The van der Waals surface area contributed by atoms with Crippen molar-refractivity contribution in [3.8, 4) is 5.75 Å². The van der Waals surface area contributed by atoms with E-state index in [2.05, 4.69) is 38.7 Å². The molecule has 11 nitrogen and oxygen atoms in total. The molecule has 3 N–H and O–H groups in total. The molecule has 1 aliphatic heterocycles. The largest absolute Gasteiger partial charge is 0.422 e. The normalized spacial score (nSPS) is 14.0. The zero-order valence-electron chi connectivity index (χ0n) is 25.6. The molecule has 1 fully saturated rings. The van der Waals surface area contributed by atoms with Crippen molar-refractivity contribution in [3.05, 3.63) is 68.6 Å². The highest BCUT2D eigenvalue weighted by Gasteiger charge is 2.23. The lowest BCUT2D eigenvalue weighted by Crippen LogP contribution is -2.43. The summed E-state index contributed by atoms with van der Waals surface area (Å²) in [5, 5.41) is 4.16. The molecule has 3 aromatic rings. The van der Waals surface area contributed by atoms with Crippen LogP contribution in [0.1, 0.15) is 54.5 Å². The van der Waals surface area contributed by atoms with E-state index in [0.29, 0.717) is 42.0 Å². The van der Waals surface area contributed by atoms with Crippen LogP contribution in [0, 0.1) is 12.1 Å². The first-order valence-electron chi connectivity index (χ1n) is 14.7. The number of benzene rings is 1. The highest BCUT2D eigenvalue weighted by Crippen LogP contribution is 2.32. The van der Waals surface area contributed by atoms with Crippen LogP contribution in [0.2, 0.25) is 0 Å². The number of aryl methyl sites for hydroxylation is 1. The van der Waals surface area contributed by atoms with Crippen molar-refractivity contribution in [1.82, 2.24) is 19.8 Å². The number of hydrogen-bond donors (Lipinski definition) is 3. The number of piperazine rings is 1. The summed E-state index contributed by atoms with van der Waals surface area (Å²) in [4.78, 5) is 29.8. The Kier molecular flexibility index (Phi) is 10.7. The number of anilines is 1. The molecular formula is C31H41N5O6S. The number of ether oxygens (including phenoxy) is 1. The van der Waals surface area contributed by atoms with Gasteiger partial charge in [-0.2, -0.15) is 8.42 Å². The van der Waals surface area contributed by atoms with Gasteiger partial charge >= 0.3 is 11.7 Å². The van der Waals surface area contributed by atoms with E-state index < -0.39 is 21.9 Å². The minimum Gasteiger partial charge on any atom is -0.422 e. The zero-order chi connectivity index (χ0) is 31.1. The maximum absolute atomic E-state index is 13.7. The van der Waals surface area contributed by atoms with Crippen molar-refractivity contribution in [3.63, 3.8) is 0 Å². The average molecular weight is 612 g/mol. The third-order valence-corrected chi connectivity index (χ3v) is 8.49. The molecule has 0 bridgehead atoms. The van der Waals surface area contributed by atoms with Crippen LogP contribution < -0.4 is 25.1 Å². The number of rotatable bonds is 12. The smallest absolute Gasteiger partial charge is 0.414 e. The summed E-state index contributed by atoms with van der Waals surface area (Å²) in [6, 6.07) is 11.2. The number of nitrogens with zero attached hydrogens (tertiary/aromatic N) is 2. The van der Waals surface area contributed by atoms with Crippen LogP contribution in [0.5, 0.6) is 5.75 Å². The second kappa shape index (κ2) is 14.2. The lowest BCUT2D eigenvalue weighted by atomic mass is 9.93. The van der Waals surface area contributed by atoms with E-state index in [1.807, 2.05) is 13.0 Å². The highest BCUT2D eigenvalue weighted by molar-refractivity contribution is 7.90. The van der Waals surface area contributed by atoms with Crippen LogP contribution in [0.15, 0.2) is 27.4 Å². The Bertz CT molecular complexity index is 1610. The van der Waals surface area contributed by atoms with Crippen LogP contribution in [0.3, 0.4) is 0 Å². The molecule has 2 heterocycles. The number of carbonyl (C=O) groups is 1. The first-order valence-corrected chi connectivity index (χ1v) is 16.1. The predicted octanol–water partition coefficient (Wildman–Crippen LogP) is 3.23. The number of nitrogens with one attached hydrogen (secondary N) is 3. The van der Waals surface area contributed by atoms with Crippen molar-refractivity contribution < 1.29 is 22.4 Å². The molecule has 2 aromatic carbocycles. The fraction of sp³-hybridized carbons (Fsp3) is 0.484. The van der Waals surface area contributed by atoms with Crippen LogP contribution in [0.25, 0.3) is 11.0 Å². The fourth-order valence-electron chi connectivity index (χ4n) is 5.25. The van der Waals surface area contributed by atoms with Crippen molar-refractivity contribution >= 4 is 33.0 Å². The summed E-state index contributed by atoms with van der Waals surface area (Å²) >= 11 is 0. The molecule has 0 unspecified atom stereocenters. The van der Waals surface area contributed by atoms with Gasteiger partial charge in [0.15, 0.2) is 0 Å². The molecule has 1 saturated heterocycles. The van der Waals surface area contributed by atoms with Gasteiger partial charge in [-0.05, 0) is 53.3 Å². The maximum Gasteiger partial charge on any atom is 0.414 e. The zero-order valence-corrected chi connectivity index (χ0v) is 26.4. The molecule has 1 aliphatic rings. The minimum atomic E-state index is -3.78. The Morgan fingerprint density at radius 2 is 1.81 bits per heavy atom. The van der Waals surface area contributed by atoms with Crippen molar-refractivity contribution in [1.29, 1.82) is 0 Å². The Morgan fingerprint density at radius 1 is 1.09 bits per heavy atom. The second-order valence-electron chi connectivity index (χ2n) is 10.9. The van der Waals surface area contributed by atoms with E-state index in [-0.39, 0.29) is 6.42 Å². The molecule has 0 spiro atoms. The average Bonchev–Trinajstić information content (AvgIpc) is 2.97. The Hall–Kier alpha value is -3.63. The molecule has 43 heavy (non-hydrogen) atoms. The lowest BCUT2D eigenvalue weighted by molar-refractivity contribution is 0.171. The molecule has 0 saturated carbocycles. The summed E-state index contributed by atoms with van der Waals surface area (Å²) in [6.45, 7) is 7.94. The lowest BCUT2D eigenvalue weighted by Gasteiger charge is -2.28. The van der Waals surface area contributed by atoms with Gasteiger partial charge in [-0.15, -0.1) is 0 Å². The molecular weight excluding hydrogens is 570 g/mol. The second-order valence-corrected chi connectivity index (χ2v) is 12.5. The fourth-order valence-corrected chi connectivity index (χ4v) is 5.79. The van der Waals surface area contributed by atoms with E-state index in [4.69, 9.17) is 9.15 Å². The maximum atomic E-state index is 13.7. The van der Waals surface area contributed by atoms with E-state index in [9.17, 15) is 18.0 Å². The summed E-state index contributed by atoms with van der Waals surface area (Å²) < 4.78 is 41.0. The molecule has 12 heteroatoms. The topological polar surface area (TPSA) is 133 Å². The number of amides is 1. The summed E-state index contributed by atoms with van der Waals surface area (Å²) in [6.07, 6.45) is 2.56. The van der Waals surface area contributed by atoms with Gasteiger partial charge in [0.25, 0.3) is 10.2 Å². The third-order valence-electron chi connectivity index (χ3n) is 7.48. The minimum absolute atomic E-state index is 0.231. The first kappa shape index (κ1) is 32.3. The Balaban J connectivity index is 1.90. The molecule has 4 rings (SSSR count). The van der Waals surface area contributed by atoms with Gasteiger partial charge in [-0.1, -0.05) is 32.8 Å². The van der Waals surface area contributed by atoms with Crippen LogP contribution >= 0.6 is 0 Å². The van der Waals surface area contributed by atoms with Gasteiger partial charge in [-0.3, -0.25) is 9.62 Å². The van der Waals surface area contributed by atoms with E-state index >= 15 is 0 Å². The third kappa shape index (κ3) is 7.86. The molecule has 0 aliphatic carbocycles. The van der Waals surface area contributed by atoms with Crippen molar-refractivity contribution in [2.45, 2.75) is 52.5 Å². The van der Waals surface area contributed by atoms with E-state index in [1.165, 1.54) is 11.9 Å². The van der Waals surface area contributed by atoms with E-state index in [0.717, 1.165) is 66.7 Å². The van der Waals surface area contributed by atoms with Gasteiger partial charge in [0.1, 0.15) is 17.0 Å². The SMILES string of the molecule is CCCc1cc2c(CN3CCNCC3)c(Cc3cc#cc(NS(=O)(=O)NC)c3CCC)c(=O)oc2cc1OC(=O)N(C)C. The Labute approximate surface area is 253 Å². The monoisotopic (exact) mass is 611 g/mol. The Morgan fingerprint density at radius 3 is 2.47 bits per heavy atom. The van der Waals surface area contributed by atoms with Crippen molar-refractivity contribution in [2.75, 3.05) is 52.0 Å². The van der Waals surface area contributed by atoms with Crippen LogP contribution in [-0.4, -0.2) is 71.6 Å². The van der Waals surface area contributed by atoms with Gasteiger partial charge < -0.3 is 19.4 Å². The van der Waals surface area contributed by atoms with Crippen LogP contribution in [-0.2, 0) is 36.0 Å². The summed E-state index contributed by atoms with van der Waals surface area (Å²) in [5.74, 6) is 0.372. The van der Waals surface area contributed by atoms with Crippen molar-refractivity contribution in [2.24, 2.45) is 0 Å². The first-order chi connectivity index (χ1) is 20.6. The quantitative estimate of drug-likeness (QED) is 0.266. The highest BCUT2D eigenvalue weighted by atomic mass is 32.2. The number of fused-ring (bicyclic) bond motifs is 1. The molecule has 0 atom stereocenters. The standard InChI is InChI=1S/C31H41N5O6S/c1-6-9-22-18-24-26(20-36-15-13-33-14-16-36)25(30(37)41-29(24)19-28(22)42-31(38)35(4)5)17-21-11-8-12-27(23(21)10-7-2)34-43(39,40)32-3/h11,18-19,32-34H,6-7,9-10,13-17,20H2,1-5H3. The van der Waals surface area contributed by atoms with Gasteiger partial charge in [0.05, 0.1) is 0 Å². The predicted molar refractivity (Wildman–Crippen MR) is 167 cm³/mol. The molecule has 1 amide bonds. The van der Waals surface area contributed by atoms with Gasteiger partial charge in [0.2, 0.25) is 0 Å². The van der Waals surface area contributed by atoms with Gasteiger partial charge in [0, 0.05) is 77.3 Å². The van der Waals surface area contributed by atoms with Crippen LogP contribution in [0.4, 0.5) is 10.5 Å². The molecule has 0 radical (unpaired) electrons. The van der Waals surface area contributed by atoms with Gasteiger partial charge in [-0.25, -0.2) is 14.3 Å². The molecule has 232 valence electrons.